The molecule has 1 fully saturated rings. The minimum Gasteiger partial charge on any atom is -0.493 e. The minimum absolute atomic E-state index is 0.0849. The SMILES string of the molecule is CCOc1ccccc1-c1cccc(C(=O)N2CC(OC)CC2CC(=O)O)c1. The minimum atomic E-state index is -0.918. The Morgan fingerprint density at radius 3 is 2.68 bits per heavy atom. The molecule has 2 aromatic rings. The van der Waals surface area contributed by atoms with Gasteiger partial charge in [-0.05, 0) is 37.1 Å². The smallest absolute Gasteiger partial charge is 0.305 e. The zero-order valence-electron chi connectivity index (χ0n) is 16.1. The fourth-order valence-corrected chi connectivity index (χ4v) is 3.66. The van der Waals surface area contributed by atoms with Crippen LogP contribution >= 0.6 is 0 Å². The quantitative estimate of drug-likeness (QED) is 0.792. The molecule has 2 unspecified atom stereocenters. The molecular formula is C22H25NO5. The predicted octanol–water partition coefficient (Wildman–Crippen LogP) is 3.46. The summed E-state index contributed by atoms with van der Waals surface area (Å²) in [5.41, 5.74) is 2.32. The van der Waals surface area contributed by atoms with Gasteiger partial charge in [-0.1, -0.05) is 30.3 Å². The molecule has 0 saturated carbocycles. The van der Waals surface area contributed by atoms with Gasteiger partial charge in [0.2, 0.25) is 0 Å². The van der Waals surface area contributed by atoms with Gasteiger partial charge in [0.25, 0.3) is 5.91 Å². The number of rotatable bonds is 7. The number of amides is 1. The average molecular weight is 383 g/mol. The van der Waals surface area contributed by atoms with Crippen molar-refractivity contribution in [3.8, 4) is 16.9 Å². The third-order valence-electron chi connectivity index (χ3n) is 4.99. The number of hydrogen-bond acceptors (Lipinski definition) is 4. The number of carbonyl (C=O) groups excluding carboxylic acids is 1. The Bertz CT molecular complexity index is 850. The first-order valence-corrected chi connectivity index (χ1v) is 9.41. The fraction of sp³-hybridized carbons (Fsp3) is 0.364. The average Bonchev–Trinajstić information content (AvgIpc) is 3.10. The molecule has 2 aromatic carbocycles. The molecule has 0 radical (unpaired) electrons. The van der Waals surface area contributed by atoms with Gasteiger partial charge in [-0.25, -0.2) is 0 Å². The highest BCUT2D eigenvalue weighted by molar-refractivity contribution is 5.96. The van der Waals surface area contributed by atoms with Crippen molar-refractivity contribution in [3.63, 3.8) is 0 Å². The van der Waals surface area contributed by atoms with Gasteiger partial charge in [0.1, 0.15) is 5.75 Å². The van der Waals surface area contributed by atoms with Crippen molar-refractivity contribution in [3.05, 3.63) is 54.1 Å². The molecule has 6 heteroatoms. The van der Waals surface area contributed by atoms with Crippen LogP contribution < -0.4 is 4.74 Å². The largest absolute Gasteiger partial charge is 0.493 e. The normalized spacial score (nSPS) is 18.9. The molecule has 3 rings (SSSR count). The molecular weight excluding hydrogens is 358 g/mol. The first kappa shape index (κ1) is 19.9. The van der Waals surface area contributed by atoms with E-state index in [0.29, 0.717) is 25.1 Å². The lowest BCUT2D eigenvalue weighted by Gasteiger charge is -2.23. The van der Waals surface area contributed by atoms with Crippen molar-refractivity contribution in [1.29, 1.82) is 0 Å². The van der Waals surface area contributed by atoms with Gasteiger partial charge in [0.05, 0.1) is 19.1 Å². The van der Waals surface area contributed by atoms with Crippen LogP contribution in [0.1, 0.15) is 30.1 Å². The van der Waals surface area contributed by atoms with Crippen LogP contribution in [0.3, 0.4) is 0 Å². The van der Waals surface area contributed by atoms with Crippen LogP contribution in [0.4, 0.5) is 0 Å². The van der Waals surface area contributed by atoms with Crippen molar-refractivity contribution in [2.24, 2.45) is 0 Å². The summed E-state index contributed by atoms with van der Waals surface area (Å²) >= 11 is 0. The molecule has 0 spiro atoms. The van der Waals surface area contributed by atoms with E-state index in [0.717, 1.165) is 16.9 Å². The Labute approximate surface area is 164 Å². The summed E-state index contributed by atoms with van der Waals surface area (Å²) in [6.45, 7) is 2.88. The Balaban J connectivity index is 1.89. The molecule has 148 valence electrons. The second-order valence-electron chi connectivity index (χ2n) is 6.81. The van der Waals surface area contributed by atoms with Gasteiger partial charge in [-0.2, -0.15) is 0 Å². The molecule has 1 heterocycles. The summed E-state index contributed by atoms with van der Waals surface area (Å²) in [6, 6.07) is 14.7. The van der Waals surface area contributed by atoms with Crippen LogP contribution in [0.2, 0.25) is 0 Å². The van der Waals surface area contributed by atoms with Crippen LogP contribution in [-0.2, 0) is 9.53 Å². The number of carboxylic acid groups (broad SMARTS) is 1. The summed E-state index contributed by atoms with van der Waals surface area (Å²) in [5.74, 6) is -0.334. The lowest BCUT2D eigenvalue weighted by Crippen LogP contribution is -2.37. The molecule has 0 aliphatic carbocycles. The topological polar surface area (TPSA) is 76.1 Å². The van der Waals surface area contributed by atoms with E-state index in [2.05, 4.69) is 0 Å². The maximum atomic E-state index is 13.1. The summed E-state index contributed by atoms with van der Waals surface area (Å²) in [7, 11) is 1.59. The number of benzene rings is 2. The Morgan fingerprint density at radius 2 is 1.96 bits per heavy atom. The van der Waals surface area contributed by atoms with E-state index < -0.39 is 5.97 Å². The van der Waals surface area contributed by atoms with E-state index in [-0.39, 0.29) is 24.5 Å². The van der Waals surface area contributed by atoms with Gasteiger partial charge < -0.3 is 19.5 Å². The predicted molar refractivity (Wildman–Crippen MR) is 106 cm³/mol. The number of hydrogen-bond donors (Lipinski definition) is 1. The van der Waals surface area contributed by atoms with E-state index in [4.69, 9.17) is 9.47 Å². The summed E-state index contributed by atoms with van der Waals surface area (Å²) < 4.78 is 11.1. The van der Waals surface area contributed by atoms with Crippen LogP contribution in [0.15, 0.2) is 48.5 Å². The molecule has 28 heavy (non-hydrogen) atoms. The van der Waals surface area contributed by atoms with E-state index in [9.17, 15) is 14.7 Å². The third kappa shape index (κ3) is 4.34. The number of nitrogens with zero attached hydrogens (tertiary/aromatic N) is 1. The van der Waals surface area contributed by atoms with Crippen LogP contribution in [0, 0.1) is 0 Å². The van der Waals surface area contributed by atoms with E-state index in [1.165, 1.54) is 0 Å². The molecule has 1 aliphatic rings. The van der Waals surface area contributed by atoms with Crippen LogP contribution in [0.5, 0.6) is 5.75 Å². The molecule has 6 nitrogen and oxygen atoms in total. The van der Waals surface area contributed by atoms with E-state index in [1.54, 1.807) is 18.1 Å². The van der Waals surface area contributed by atoms with Crippen molar-refractivity contribution >= 4 is 11.9 Å². The maximum absolute atomic E-state index is 13.1. The first-order valence-electron chi connectivity index (χ1n) is 9.41. The van der Waals surface area contributed by atoms with Crippen molar-refractivity contribution in [2.75, 3.05) is 20.3 Å². The number of methoxy groups -OCH3 is 1. The van der Waals surface area contributed by atoms with Gasteiger partial charge in [0, 0.05) is 30.8 Å². The highest BCUT2D eigenvalue weighted by Crippen LogP contribution is 2.31. The number of ether oxygens (including phenoxy) is 2. The van der Waals surface area contributed by atoms with Crippen molar-refractivity contribution < 1.29 is 24.2 Å². The highest BCUT2D eigenvalue weighted by Gasteiger charge is 2.37. The highest BCUT2D eigenvalue weighted by atomic mass is 16.5. The Morgan fingerprint density at radius 1 is 1.18 bits per heavy atom. The molecule has 1 aliphatic heterocycles. The Hall–Kier alpha value is -2.86. The number of aliphatic carboxylic acids is 1. The van der Waals surface area contributed by atoms with Crippen LogP contribution in [0.25, 0.3) is 11.1 Å². The van der Waals surface area contributed by atoms with E-state index in [1.807, 2.05) is 49.4 Å². The van der Waals surface area contributed by atoms with Gasteiger partial charge in [-0.15, -0.1) is 0 Å². The molecule has 1 N–H and O–H groups in total. The Kier molecular flexibility index (Phi) is 6.31. The van der Waals surface area contributed by atoms with Gasteiger partial charge in [0.15, 0.2) is 0 Å². The molecule has 0 aromatic heterocycles. The monoisotopic (exact) mass is 383 g/mol. The lowest BCUT2D eigenvalue weighted by atomic mass is 10.0. The zero-order chi connectivity index (χ0) is 20.1. The third-order valence-corrected chi connectivity index (χ3v) is 4.99. The standard InChI is InChI=1S/C22H25NO5/c1-3-28-20-10-5-4-9-19(20)15-7-6-8-16(11-15)22(26)23-14-18(27-2)12-17(23)13-21(24)25/h4-11,17-18H,3,12-14H2,1-2H3,(H,24,25). The van der Waals surface area contributed by atoms with Crippen molar-refractivity contribution in [2.45, 2.75) is 31.9 Å². The maximum Gasteiger partial charge on any atom is 0.305 e. The molecule has 0 bridgehead atoms. The van der Waals surface area contributed by atoms with Crippen LogP contribution in [-0.4, -0.2) is 54.3 Å². The lowest BCUT2D eigenvalue weighted by molar-refractivity contribution is -0.138. The first-order chi connectivity index (χ1) is 13.5. The zero-order valence-corrected chi connectivity index (χ0v) is 16.1. The summed E-state index contributed by atoms with van der Waals surface area (Å²) in [5, 5.41) is 9.18. The van der Waals surface area contributed by atoms with Crippen molar-refractivity contribution in [1.82, 2.24) is 4.90 Å². The number of likely N-dealkylation sites (tertiary alicyclic amines) is 1. The van der Waals surface area contributed by atoms with Gasteiger partial charge >= 0.3 is 5.97 Å². The second-order valence-corrected chi connectivity index (χ2v) is 6.81. The molecule has 2 atom stereocenters. The summed E-state index contributed by atoms with van der Waals surface area (Å²) in [4.78, 5) is 26.0. The fourth-order valence-electron chi connectivity index (χ4n) is 3.66. The summed E-state index contributed by atoms with van der Waals surface area (Å²) in [6.07, 6.45) is 0.301. The number of carboxylic acids is 1. The molecule has 1 saturated heterocycles. The number of para-hydroxylation sites is 1. The second kappa shape index (κ2) is 8.89. The van der Waals surface area contributed by atoms with E-state index >= 15 is 0 Å². The molecule has 1 amide bonds. The number of carbonyl (C=O) groups is 2. The van der Waals surface area contributed by atoms with Gasteiger partial charge in [-0.3, -0.25) is 9.59 Å².